The molecule has 4 N–H and O–H groups in total. The number of halogens is 1. The highest BCUT2D eigenvalue weighted by Crippen LogP contribution is 2.05. The SMILES string of the molecule is CCCNC(=O)c1cccc(CNC(=O)CCCN)c1.Cl. The van der Waals surface area contributed by atoms with Crippen molar-refractivity contribution in [2.75, 3.05) is 13.1 Å². The van der Waals surface area contributed by atoms with Gasteiger partial charge in [0.25, 0.3) is 5.91 Å². The number of amides is 2. The minimum atomic E-state index is -0.0804. The lowest BCUT2D eigenvalue weighted by Crippen LogP contribution is -2.25. The van der Waals surface area contributed by atoms with Gasteiger partial charge in [-0.15, -0.1) is 12.4 Å². The van der Waals surface area contributed by atoms with Crippen molar-refractivity contribution in [3.63, 3.8) is 0 Å². The molecule has 0 aromatic heterocycles. The number of nitrogens with two attached hydrogens (primary N) is 1. The smallest absolute Gasteiger partial charge is 0.251 e. The van der Waals surface area contributed by atoms with Crippen molar-refractivity contribution < 1.29 is 9.59 Å². The second kappa shape index (κ2) is 11.1. The van der Waals surface area contributed by atoms with Gasteiger partial charge in [-0.05, 0) is 37.1 Å². The van der Waals surface area contributed by atoms with E-state index >= 15 is 0 Å². The Morgan fingerprint density at radius 3 is 2.67 bits per heavy atom. The molecule has 0 radical (unpaired) electrons. The maximum Gasteiger partial charge on any atom is 0.251 e. The second-order valence-electron chi connectivity index (χ2n) is 4.63. The molecule has 0 atom stereocenters. The summed E-state index contributed by atoms with van der Waals surface area (Å²) in [4.78, 5) is 23.3. The maximum absolute atomic E-state index is 11.8. The highest BCUT2D eigenvalue weighted by molar-refractivity contribution is 5.94. The lowest BCUT2D eigenvalue weighted by atomic mass is 10.1. The Labute approximate surface area is 132 Å². The van der Waals surface area contributed by atoms with Crippen molar-refractivity contribution in [1.82, 2.24) is 10.6 Å². The van der Waals surface area contributed by atoms with Crippen molar-refractivity contribution in [2.45, 2.75) is 32.7 Å². The average molecular weight is 314 g/mol. The summed E-state index contributed by atoms with van der Waals surface area (Å²) < 4.78 is 0. The lowest BCUT2D eigenvalue weighted by molar-refractivity contribution is -0.121. The van der Waals surface area contributed by atoms with Gasteiger partial charge in [0, 0.05) is 25.1 Å². The normalized spacial score (nSPS) is 9.62. The van der Waals surface area contributed by atoms with Crippen LogP contribution < -0.4 is 16.4 Å². The Kier molecular flexibility index (Phi) is 10.3. The van der Waals surface area contributed by atoms with Crippen molar-refractivity contribution in [3.8, 4) is 0 Å². The van der Waals surface area contributed by atoms with Gasteiger partial charge >= 0.3 is 0 Å². The lowest BCUT2D eigenvalue weighted by Gasteiger charge is -2.07. The topological polar surface area (TPSA) is 84.2 Å². The molecule has 0 aliphatic heterocycles. The van der Waals surface area contributed by atoms with Crippen LogP contribution in [0, 0.1) is 0 Å². The van der Waals surface area contributed by atoms with Crippen LogP contribution in [0.3, 0.4) is 0 Å². The molecule has 0 aliphatic rings. The maximum atomic E-state index is 11.8. The molecule has 0 saturated carbocycles. The van der Waals surface area contributed by atoms with Crippen LogP contribution >= 0.6 is 12.4 Å². The van der Waals surface area contributed by atoms with Crippen molar-refractivity contribution >= 4 is 24.2 Å². The molecule has 1 aromatic rings. The zero-order valence-corrected chi connectivity index (χ0v) is 13.2. The predicted octanol–water partition coefficient (Wildman–Crippen LogP) is 1.60. The molecule has 0 spiro atoms. The van der Waals surface area contributed by atoms with Gasteiger partial charge in [0.05, 0.1) is 0 Å². The first-order chi connectivity index (χ1) is 9.67. The van der Waals surface area contributed by atoms with E-state index in [1.807, 2.05) is 19.1 Å². The van der Waals surface area contributed by atoms with E-state index < -0.39 is 0 Å². The fourth-order valence-corrected chi connectivity index (χ4v) is 1.71. The highest BCUT2D eigenvalue weighted by Gasteiger charge is 2.06. The summed E-state index contributed by atoms with van der Waals surface area (Å²) >= 11 is 0. The molecule has 5 nitrogen and oxygen atoms in total. The molecule has 2 amide bonds. The number of nitrogens with one attached hydrogen (secondary N) is 2. The number of carbonyl (C=O) groups is 2. The average Bonchev–Trinajstić information content (AvgIpc) is 2.48. The van der Waals surface area contributed by atoms with Gasteiger partial charge in [0.15, 0.2) is 0 Å². The second-order valence-corrected chi connectivity index (χ2v) is 4.63. The van der Waals surface area contributed by atoms with Gasteiger partial charge in [-0.3, -0.25) is 9.59 Å². The third-order valence-corrected chi connectivity index (χ3v) is 2.82. The molecule has 0 bridgehead atoms. The summed E-state index contributed by atoms with van der Waals surface area (Å²) in [7, 11) is 0. The molecule has 118 valence electrons. The molecule has 0 fully saturated rings. The number of benzene rings is 1. The minimum Gasteiger partial charge on any atom is -0.352 e. The van der Waals surface area contributed by atoms with Crippen LogP contribution in [0.4, 0.5) is 0 Å². The quantitative estimate of drug-likeness (QED) is 0.681. The van der Waals surface area contributed by atoms with Gasteiger partial charge in [-0.1, -0.05) is 19.1 Å². The van der Waals surface area contributed by atoms with E-state index in [0.717, 1.165) is 12.0 Å². The fourth-order valence-electron chi connectivity index (χ4n) is 1.71. The first-order valence-corrected chi connectivity index (χ1v) is 7.01. The van der Waals surface area contributed by atoms with Crippen molar-refractivity contribution in [2.24, 2.45) is 5.73 Å². The van der Waals surface area contributed by atoms with Gasteiger partial charge in [0.1, 0.15) is 0 Å². The molecule has 0 aliphatic carbocycles. The fraction of sp³-hybridized carbons (Fsp3) is 0.467. The van der Waals surface area contributed by atoms with Crippen LogP contribution in [-0.2, 0) is 11.3 Å². The first-order valence-electron chi connectivity index (χ1n) is 7.01. The summed E-state index contributed by atoms with van der Waals surface area (Å²) in [5.74, 6) is -0.0977. The Morgan fingerprint density at radius 1 is 1.24 bits per heavy atom. The molecule has 0 unspecified atom stereocenters. The Balaban J connectivity index is 0.00000400. The van der Waals surface area contributed by atoms with Crippen molar-refractivity contribution in [1.29, 1.82) is 0 Å². The predicted molar refractivity (Wildman–Crippen MR) is 86.4 cm³/mol. The van der Waals surface area contributed by atoms with Crippen molar-refractivity contribution in [3.05, 3.63) is 35.4 Å². The number of rotatable bonds is 8. The van der Waals surface area contributed by atoms with Gasteiger partial charge in [-0.25, -0.2) is 0 Å². The third kappa shape index (κ3) is 7.68. The van der Waals surface area contributed by atoms with E-state index in [4.69, 9.17) is 5.73 Å². The number of hydrogen-bond donors (Lipinski definition) is 3. The summed E-state index contributed by atoms with van der Waals surface area (Å²) in [6.07, 6.45) is 2.03. The Morgan fingerprint density at radius 2 is 2.00 bits per heavy atom. The van der Waals surface area contributed by atoms with Crippen LogP contribution in [0.2, 0.25) is 0 Å². The largest absolute Gasteiger partial charge is 0.352 e. The van der Waals surface area contributed by atoms with Gasteiger partial charge < -0.3 is 16.4 Å². The van der Waals surface area contributed by atoms with Gasteiger partial charge in [-0.2, -0.15) is 0 Å². The molecule has 1 rings (SSSR count). The Bertz CT molecular complexity index is 452. The summed E-state index contributed by atoms with van der Waals surface area (Å²) in [5.41, 5.74) is 6.88. The molecule has 21 heavy (non-hydrogen) atoms. The van der Waals surface area contributed by atoms with E-state index in [-0.39, 0.29) is 24.2 Å². The highest BCUT2D eigenvalue weighted by atomic mass is 35.5. The summed E-state index contributed by atoms with van der Waals surface area (Å²) in [6, 6.07) is 7.28. The molecule has 0 saturated heterocycles. The van der Waals surface area contributed by atoms with Crippen LogP contribution in [0.5, 0.6) is 0 Å². The van der Waals surface area contributed by atoms with E-state index in [1.165, 1.54) is 0 Å². The number of carbonyl (C=O) groups excluding carboxylic acids is 2. The molecular formula is C15H24ClN3O2. The van der Waals surface area contributed by atoms with Crippen LogP contribution in [0.15, 0.2) is 24.3 Å². The van der Waals surface area contributed by atoms with E-state index in [2.05, 4.69) is 10.6 Å². The molecular weight excluding hydrogens is 290 g/mol. The zero-order valence-electron chi connectivity index (χ0n) is 12.4. The third-order valence-electron chi connectivity index (χ3n) is 2.82. The van der Waals surface area contributed by atoms with Crippen LogP contribution in [-0.4, -0.2) is 24.9 Å². The van der Waals surface area contributed by atoms with Crippen LogP contribution in [0.25, 0.3) is 0 Å². The number of hydrogen-bond acceptors (Lipinski definition) is 3. The molecule has 0 heterocycles. The van der Waals surface area contributed by atoms with Crippen LogP contribution in [0.1, 0.15) is 42.1 Å². The zero-order chi connectivity index (χ0) is 14.8. The summed E-state index contributed by atoms with van der Waals surface area (Å²) in [5, 5.41) is 5.65. The standard InChI is InChI=1S/C15H23N3O2.ClH/c1-2-9-17-15(20)13-6-3-5-12(10-13)11-18-14(19)7-4-8-16;/h3,5-6,10H,2,4,7-9,11,16H2,1H3,(H,17,20)(H,18,19);1H. The molecule has 1 aromatic carbocycles. The van der Waals surface area contributed by atoms with Gasteiger partial charge in [0.2, 0.25) is 5.91 Å². The first kappa shape index (κ1) is 19.4. The van der Waals surface area contributed by atoms with E-state index in [0.29, 0.717) is 38.0 Å². The Hall–Kier alpha value is -1.59. The van der Waals surface area contributed by atoms with E-state index in [9.17, 15) is 9.59 Å². The molecule has 6 heteroatoms. The summed E-state index contributed by atoms with van der Waals surface area (Å²) in [6.45, 7) is 3.62. The minimum absolute atomic E-state index is 0. The monoisotopic (exact) mass is 313 g/mol. The van der Waals surface area contributed by atoms with E-state index in [1.54, 1.807) is 12.1 Å².